The Morgan fingerprint density at radius 2 is 2.08 bits per heavy atom. The molecule has 0 aliphatic heterocycles. The van der Waals surface area contributed by atoms with Crippen LogP contribution in [0.5, 0.6) is 11.5 Å². The Labute approximate surface area is 160 Å². The Bertz CT molecular complexity index is 969. The van der Waals surface area contributed by atoms with E-state index in [0.717, 1.165) is 20.8 Å². The highest BCUT2D eigenvalue weighted by molar-refractivity contribution is 7.19. The van der Waals surface area contributed by atoms with Crippen molar-refractivity contribution in [3.05, 3.63) is 52.0 Å². The first-order valence-corrected chi connectivity index (χ1v) is 9.04. The number of carbonyl (C=O) groups is 1. The second kappa shape index (κ2) is 8.21. The molecule has 1 aromatic heterocycles. The minimum Gasteiger partial charge on any atom is -0.493 e. The van der Waals surface area contributed by atoms with Crippen LogP contribution >= 0.6 is 22.9 Å². The van der Waals surface area contributed by atoms with Crippen molar-refractivity contribution < 1.29 is 14.3 Å². The van der Waals surface area contributed by atoms with Gasteiger partial charge in [-0.15, -0.1) is 11.3 Å². The van der Waals surface area contributed by atoms with E-state index in [4.69, 9.17) is 21.1 Å². The van der Waals surface area contributed by atoms with Gasteiger partial charge >= 0.3 is 0 Å². The fourth-order valence-electron chi connectivity index (χ4n) is 2.28. The lowest BCUT2D eigenvalue weighted by molar-refractivity contribution is -0.122. The van der Waals surface area contributed by atoms with Crippen molar-refractivity contribution in [1.29, 1.82) is 0 Å². The number of hydrogen-bond donors (Lipinski definition) is 1. The number of rotatable bonds is 6. The van der Waals surface area contributed by atoms with Gasteiger partial charge in [-0.2, -0.15) is 0 Å². The third-order valence-corrected chi connectivity index (χ3v) is 4.85. The summed E-state index contributed by atoms with van der Waals surface area (Å²) in [6, 6.07) is 11.2. The molecule has 7 heteroatoms. The molecule has 0 bridgehead atoms. The summed E-state index contributed by atoms with van der Waals surface area (Å²) in [6.45, 7) is -0.0592. The molecule has 1 N–H and O–H groups in total. The number of amides is 1. The van der Waals surface area contributed by atoms with Crippen LogP contribution in [0.4, 0.5) is 0 Å². The quantitative estimate of drug-likeness (QED) is 0.685. The fraction of sp³-hybridized carbons (Fsp3) is 0.158. The van der Waals surface area contributed by atoms with E-state index in [-0.39, 0.29) is 12.5 Å². The predicted molar refractivity (Wildman–Crippen MR) is 106 cm³/mol. The van der Waals surface area contributed by atoms with Crippen LogP contribution in [0, 0.1) is 0 Å². The van der Waals surface area contributed by atoms with E-state index in [1.165, 1.54) is 0 Å². The summed E-state index contributed by atoms with van der Waals surface area (Å²) < 4.78 is 11.9. The van der Waals surface area contributed by atoms with Crippen LogP contribution in [0.25, 0.3) is 22.4 Å². The summed E-state index contributed by atoms with van der Waals surface area (Å²) >= 11 is 7.59. The van der Waals surface area contributed by atoms with Crippen LogP contribution in [0.2, 0.25) is 5.02 Å². The molecule has 134 valence electrons. The van der Waals surface area contributed by atoms with Gasteiger partial charge in [-0.25, -0.2) is 4.98 Å². The Morgan fingerprint density at radius 3 is 2.85 bits per heavy atom. The number of ether oxygens (including phenoxy) is 2. The third-order valence-electron chi connectivity index (χ3n) is 3.61. The number of nitrogens with zero attached hydrogens (tertiary/aromatic N) is 1. The second-order valence-corrected chi connectivity index (χ2v) is 6.87. The molecule has 0 unspecified atom stereocenters. The van der Waals surface area contributed by atoms with Gasteiger partial charge in [0.2, 0.25) is 0 Å². The number of thiazole rings is 1. The summed E-state index contributed by atoms with van der Waals surface area (Å²) in [5.41, 5.74) is 1.82. The lowest BCUT2D eigenvalue weighted by atomic mass is 10.2. The molecule has 2 aromatic carbocycles. The Kier molecular flexibility index (Phi) is 5.75. The van der Waals surface area contributed by atoms with Gasteiger partial charge in [-0.1, -0.05) is 23.7 Å². The van der Waals surface area contributed by atoms with Gasteiger partial charge in [-0.3, -0.25) is 4.79 Å². The van der Waals surface area contributed by atoms with Crippen molar-refractivity contribution in [3.8, 4) is 11.5 Å². The number of aromatic nitrogens is 1. The molecule has 0 aliphatic rings. The number of halogens is 1. The molecule has 0 radical (unpaired) electrons. The maximum absolute atomic E-state index is 11.3. The molecular weight excluding hydrogens is 372 g/mol. The van der Waals surface area contributed by atoms with E-state index in [1.54, 1.807) is 31.6 Å². The number of hydrogen-bond acceptors (Lipinski definition) is 5. The normalized spacial score (nSPS) is 11.0. The highest BCUT2D eigenvalue weighted by atomic mass is 35.5. The summed E-state index contributed by atoms with van der Waals surface area (Å²) in [6.07, 6.45) is 3.89. The van der Waals surface area contributed by atoms with Crippen LogP contribution in [0.3, 0.4) is 0 Å². The predicted octanol–water partition coefficient (Wildman–Crippen LogP) is 4.25. The van der Waals surface area contributed by atoms with E-state index in [9.17, 15) is 4.79 Å². The zero-order valence-corrected chi connectivity index (χ0v) is 15.9. The van der Waals surface area contributed by atoms with E-state index < -0.39 is 0 Å². The molecule has 5 nitrogen and oxygen atoms in total. The Morgan fingerprint density at radius 1 is 1.23 bits per heavy atom. The molecule has 3 aromatic rings. The average molecular weight is 389 g/mol. The van der Waals surface area contributed by atoms with Crippen molar-refractivity contribution in [2.45, 2.75) is 0 Å². The number of carbonyl (C=O) groups excluding carboxylic acids is 1. The van der Waals surface area contributed by atoms with Crippen molar-refractivity contribution >= 4 is 51.2 Å². The zero-order chi connectivity index (χ0) is 18.5. The van der Waals surface area contributed by atoms with E-state index >= 15 is 0 Å². The first-order valence-electron chi connectivity index (χ1n) is 7.84. The van der Waals surface area contributed by atoms with Crippen molar-refractivity contribution in [2.75, 3.05) is 20.8 Å². The average Bonchev–Trinajstić information content (AvgIpc) is 3.06. The lowest BCUT2D eigenvalue weighted by Crippen LogP contribution is -2.24. The third kappa shape index (κ3) is 4.33. The minimum atomic E-state index is -0.202. The second-order valence-electron chi connectivity index (χ2n) is 5.37. The number of benzene rings is 2. The molecule has 1 amide bonds. The van der Waals surface area contributed by atoms with Gasteiger partial charge in [0.25, 0.3) is 5.91 Å². The molecule has 0 fully saturated rings. The number of nitrogens with one attached hydrogen (secondary N) is 1. The molecule has 26 heavy (non-hydrogen) atoms. The lowest BCUT2D eigenvalue weighted by Gasteiger charge is -2.10. The summed E-state index contributed by atoms with van der Waals surface area (Å²) in [5.74, 6) is 0.877. The van der Waals surface area contributed by atoms with Crippen LogP contribution in [0.1, 0.15) is 10.6 Å². The molecule has 0 spiro atoms. The van der Waals surface area contributed by atoms with Gasteiger partial charge in [0.05, 0.1) is 17.3 Å². The van der Waals surface area contributed by atoms with Crippen LogP contribution in [-0.2, 0) is 4.79 Å². The minimum absolute atomic E-state index is 0.0592. The zero-order valence-electron chi connectivity index (χ0n) is 14.3. The van der Waals surface area contributed by atoms with Crippen molar-refractivity contribution in [2.24, 2.45) is 0 Å². The van der Waals surface area contributed by atoms with Crippen molar-refractivity contribution in [1.82, 2.24) is 10.3 Å². The van der Waals surface area contributed by atoms with Gasteiger partial charge in [0.15, 0.2) is 18.1 Å². The first-order chi connectivity index (χ1) is 12.6. The number of likely N-dealkylation sites (N-methyl/N-ethyl adjacent to an activating group) is 1. The summed E-state index contributed by atoms with van der Waals surface area (Å²) in [5, 5.41) is 4.07. The van der Waals surface area contributed by atoms with E-state index in [1.807, 2.05) is 42.5 Å². The van der Waals surface area contributed by atoms with Crippen LogP contribution in [-0.4, -0.2) is 31.7 Å². The highest BCUT2D eigenvalue weighted by Gasteiger charge is 2.07. The van der Waals surface area contributed by atoms with E-state index in [0.29, 0.717) is 16.5 Å². The van der Waals surface area contributed by atoms with E-state index in [2.05, 4.69) is 10.3 Å². The molecule has 0 aliphatic carbocycles. The highest BCUT2D eigenvalue weighted by Crippen LogP contribution is 2.30. The number of methoxy groups -OCH3 is 1. The van der Waals surface area contributed by atoms with Gasteiger partial charge in [-0.05, 0) is 42.0 Å². The van der Waals surface area contributed by atoms with Gasteiger partial charge < -0.3 is 14.8 Å². The van der Waals surface area contributed by atoms with Gasteiger partial charge in [0.1, 0.15) is 5.01 Å². The first kappa shape index (κ1) is 18.2. The van der Waals surface area contributed by atoms with Crippen molar-refractivity contribution in [3.63, 3.8) is 0 Å². The maximum atomic E-state index is 11.3. The largest absolute Gasteiger partial charge is 0.493 e. The van der Waals surface area contributed by atoms with Crippen LogP contribution < -0.4 is 14.8 Å². The standard InChI is InChI=1S/C19H17ClN2O3S/c1-21-18(23)11-25-15-6-3-12(9-16(15)24-2)4-8-19-22-14-10-13(20)5-7-17(14)26-19/h3-10H,11H2,1-2H3,(H,21,23)/b8-4-. The SMILES string of the molecule is CNC(=O)COc1ccc(/C=C\c2nc3cc(Cl)ccc3s2)cc1OC. The molecular formula is C19H17ClN2O3S. The topological polar surface area (TPSA) is 60.5 Å². The fourth-order valence-corrected chi connectivity index (χ4v) is 3.30. The molecule has 3 rings (SSSR count). The molecule has 0 atom stereocenters. The molecule has 0 saturated heterocycles. The van der Waals surface area contributed by atoms with Gasteiger partial charge in [0, 0.05) is 12.1 Å². The summed E-state index contributed by atoms with van der Waals surface area (Å²) in [4.78, 5) is 15.9. The Hall–Kier alpha value is -2.57. The monoisotopic (exact) mass is 388 g/mol. The summed E-state index contributed by atoms with van der Waals surface area (Å²) in [7, 11) is 3.12. The molecule has 1 heterocycles. The smallest absolute Gasteiger partial charge is 0.257 e. The maximum Gasteiger partial charge on any atom is 0.257 e. The molecule has 0 saturated carbocycles. The number of fused-ring (bicyclic) bond motifs is 1. The van der Waals surface area contributed by atoms with Crippen LogP contribution in [0.15, 0.2) is 36.4 Å². The Balaban J connectivity index is 1.77.